The fourth-order valence-electron chi connectivity index (χ4n) is 0.442. The first-order chi connectivity index (χ1) is 4.77. The summed E-state index contributed by atoms with van der Waals surface area (Å²) in [6.45, 7) is 6.14. The van der Waals surface area contributed by atoms with Gasteiger partial charge in [0, 0.05) is 19.8 Å². The van der Waals surface area contributed by atoms with Gasteiger partial charge in [-0.05, 0) is 6.58 Å². The monoisotopic (exact) mass is 145 g/mol. The molecule has 1 aliphatic rings. The number of nitrogens with zero attached hydrogens (tertiary/aromatic N) is 1. The molecule has 10 heavy (non-hydrogen) atoms. The molecule has 1 aliphatic heterocycles. The van der Waals surface area contributed by atoms with E-state index < -0.39 is 4.92 Å². The van der Waals surface area contributed by atoms with Gasteiger partial charge in [0.1, 0.15) is 0 Å². The molecule has 0 radical (unpaired) electrons. The van der Waals surface area contributed by atoms with Gasteiger partial charge in [0.15, 0.2) is 0 Å². The smallest absolute Gasteiger partial charge is 0.227 e. The second kappa shape index (κ2) is 6.18. The first-order valence-electron chi connectivity index (χ1n) is 2.95. The summed E-state index contributed by atoms with van der Waals surface area (Å²) < 4.78 is 0. The lowest BCUT2D eigenvalue weighted by molar-refractivity contribution is -0.401. The third-order valence-electron chi connectivity index (χ3n) is 0.878. The Kier molecular flexibility index (Phi) is 5.60. The van der Waals surface area contributed by atoms with Crippen LogP contribution in [-0.2, 0) is 0 Å². The molecule has 1 saturated heterocycles. The molecule has 1 heterocycles. The van der Waals surface area contributed by atoms with E-state index in [1.165, 1.54) is 0 Å². The molecule has 0 aromatic heterocycles. The molecule has 0 amide bonds. The molecule has 0 unspecified atom stereocenters. The normalized spacial score (nSPS) is 15.2. The van der Waals surface area contributed by atoms with Crippen molar-refractivity contribution in [3.05, 3.63) is 22.9 Å². The fourth-order valence-corrected chi connectivity index (χ4v) is 0.442. The maximum absolute atomic E-state index is 9.06. The van der Waals surface area contributed by atoms with Crippen molar-refractivity contribution in [2.45, 2.75) is 0 Å². The van der Waals surface area contributed by atoms with E-state index in [4.69, 9.17) is 10.1 Å². The lowest BCUT2D eigenvalue weighted by Crippen LogP contribution is -2.11. The third-order valence-corrected chi connectivity index (χ3v) is 0.878. The Bertz CT molecular complexity index is 104. The summed E-state index contributed by atoms with van der Waals surface area (Å²) in [4.78, 5) is 8.44. The largest absolute Gasteiger partial charge is 0.303 e. The molecule has 0 atom stereocenters. The highest BCUT2D eigenvalue weighted by Gasteiger charge is 1.90. The van der Waals surface area contributed by atoms with Crippen molar-refractivity contribution in [2.24, 2.45) is 0 Å². The standard InChI is InChI=1S/C3H8N2.C2H3NO2/c1-2-5-3-4-1;1-2-3(4)5/h4-5H,1-3H2;2H,1H2. The molecule has 5 nitrogen and oxygen atoms in total. The minimum atomic E-state index is -0.611. The van der Waals surface area contributed by atoms with Crippen LogP contribution in [0.15, 0.2) is 12.8 Å². The van der Waals surface area contributed by atoms with Gasteiger partial charge >= 0.3 is 0 Å². The molecule has 5 heteroatoms. The predicted octanol–water partition coefficient (Wildman–Crippen LogP) is -0.457. The zero-order valence-corrected chi connectivity index (χ0v) is 5.67. The summed E-state index contributed by atoms with van der Waals surface area (Å²) in [5.74, 6) is 0. The van der Waals surface area contributed by atoms with Crippen molar-refractivity contribution in [1.82, 2.24) is 10.6 Å². The van der Waals surface area contributed by atoms with Gasteiger partial charge in [-0.15, -0.1) is 0 Å². The lowest BCUT2D eigenvalue weighted by Gasteiger charge is -1.77. The molecule has 0 aromatic rings. The Balaban J connectivity index is 0.000000162. The Morgan fingerprint density at radius 1 is 1.50 bits per heavy atom. The quantitative estimate of drug-likeness (QED) is 0.387. The highest BCUT2D eigenvalue weighted by Crippen LogP contribution is 1.62. The zero-order chi connectivity index (χ0) is 7.82. The van der Waals surface area contributed by atoms with Gasteiger partial charge in [0.25, 0.3) is 0 Å². The average molecular weight is 145 g/mol. The second-order valence-corrected chi connectivity index (χ2v) is 1.64. The van der Waals surface area contributed by atoms with Crippen molar-refractivity contribution in [3.8, 4) is 0 Å². The van der Waals surface area contributed by atoms with Crippen LogP contribution in [0.4, 0.5) is 0 Å². The van der Waals surface area contributed by atoms with Crippen molar-refractivity contribution in [2.75, 3.05) is 19.8 Å². The van der Waals surface area contributed by atoms with Crippen LogP contribution in [0.5, 0.6) is 0 Å². The molecule has 0 spiro atoms. The fraction of sp³-hybridized carbons (Fsp3) is 0.600. The van der Waals surface area contributed by atoms with E-state index >= 15 is 0 Å². The minimum Gasteiger partial charge on any atom is -0.303 e. The van der Waals surface area contributed by atoms with E-state index in [0.29, 0.717) is 6.20 Å². The molecule has 1 rings (SSSR count). The highest BCUT2D eigenvalue weighted by atomic mass is 16.6. The predicted molar refractivity (Wildman–Crippen MR) is 38.1 cm³/mol. The zero-order valence-electron chi connectivity index (χ0n) is 5.67. The van der Waals surface area contributed by atoms with E-state index in [2.05, 4.69) is 17.2 Å². The van der Waals surface area contributed by atoms with E-state index in [0.717, 1.165) is 19.8 Å². The van der Waals surface area contributed by atoms with Crippen LogP contribution in [0.25, 0.3) is 0 Å². The third kappa shape index (κ3) is 7.06. The summed E-state index contributed by atoms with van der Waals surface area (Å²) in [6.07, 6.45) is 0.639. The molecule has 0 bridgehead atoms. The number of nitro groups is 1. The minimum absolute atomic E-state index is 0.611. The van der Waals surface area contributed by atoms with Crippen LogP contribution in [0.1, 0.15) is 0 Å². The summed E-state index contributed by atoms with van der Waals surface area (Å²) in [5, 5.41) is 15.3. The summed E-state index contributed by atoms with van der Waals surface area (Å²) in [7, 11) is 0. The average Bonchev–Trinajstić information content (AvgIpc) is 2.43. The Hall–Kier alpha value is -0.940. The van der Waals surface area contributed by atoms with Crippen LogP contribution < -0.4 is 10.6 Å². The molecular formula is C5H11N3O2. The summed E-state index contributed by atoms with van der Waals surface area (Å²) in [6, 6.07) is 0. The Labute approximate surface area is 59.3 Å². The first-order valence-corrected chi connectivity index (χ1v) is 2.95. The molecule has 0 aliphatic carbocycles. The molecule has 1 fully saturated rings. The van der Waals surface area contributed by atoms with Crippen LogP contribution >= 0.6 is 0 Å². The Morgan fingerprint density at radius 3 is 2.00 bits per heavy atom. The van der Waals surface area contributed by atoms with Gasteiger partial charge in [0.05, 0.1) is 4.92 Å². The van der Waals surface area contributed by atoms with Crippen LogP contribution in [0, 0.1) is 10.1 Å². The van der Waals surface area contributed by atoms with Crippen LogP contribution in [0.2, 0.25) is 0 Å². The van der Waals surface area contributed by atoms with Gasteiger partial charge in [-0.25, -0.2) is 0 Å². The maximum Gasteiger partial charge on any atom is 0.227 e. The van der Waals surface area contributed by atoms with Crippen LogP contribution in [-0.4, -0.2) is 24.7 Å². The maximum atomic E-state index is 9.06. The number of hydrogen-bond acceptors (Lipinski definition) is 4. The molecular weight excluding hydrogens is 134 g/mol. The van der Waals surface area contributed by atoms with Gasteiger partial charge in [-0.2, -0.15) is 0 Å². The van der Waals surface area contributed by atoms with E-state index in [1.807, 2.05) is 0 Å². The van der Waals surface area contributed by atoms with Crippen molar-refractivity contribution < 1.29 is 4.92 Å². The first kappa shape index (κ1) is 9.06. The Morgan fingerprint density at radius 2 is 1.90 bits per heavy atom. The van der Waals surface area contributed by atoms with Crippen LogP contribution in [0.3, 0.4) is 0 Å². The van der Waals surface area contributed by atoms with Crippen molar-refractivity contribution in [1.29, 1.82) is 0 Å². The molecule has 58 valence electrons. The van der Waals surface area contributed by atoms with Gasteiger partial charge in [-0.3, -0.25) is 10.1 Å². The number of nitrogens with one attached hydrogen (secondary N) is 2. The van der Waals surface area contributed by atoms with E-state index in [9.17, 15) is 0 Å². The van der Waals surface area contributed by atoms with Gasteiger partial charge < -0.3 is 10.6 Å². The van der Waals surface area contributed by atoms with Gasteiger partial charge in [0.2, 0.25) is 6.20 Å². The summed E-state index contributed by atoms with van der Waals surface area (Å²) >= 11 is 0. The SMILES string of the molecule is C1CNCN1.C=C[N+](=O)[O-]. The molecule has 0 saturated carbocycles. The van der Waals surface area contributed by atoms with Crippen molar-refractivity contribution in [3.63, 3.8) is 0 Å². The molecule has 0 aromatic carbocycles. The number of rotatable bonds is 1. The van der Waals surface area contributed by atoms with E-state index in [-0.39, 0.29) is 0 Å². The highest BCUT2D eigenvalue weighted by molar-refractivity contribution is 4.55. The number of hydrogen-bond donors (Lipinski definition) is 2. The lowest BCUT2D eigenvalue weighted by atomic mass is 10.7. The topological polar surface area (TPSA) is 67.2 Å². The molecule has 2 N–H and O–H groups in total. The van der Waals surface area contributed by atoms with Gasteiger partial charge in [-0.1, -0.05) is 0 Å². The van der Waals surface area contributed by atoms with Crippen molar-refractivity contribution >= 4 is 0 Å². The summed E-state index contributed by atoms with van der Waals surface area (Å²) in [5.41, 5.74) is 0. The second-order valence-electron chi connectivity index (χ2n) is 1.64. The van der Waals surface area contributed by atoms with E-state index in [1.54, 1.807) is 0 Å².